The second-order valence-corrected chi connectivity index (χ2v) is 3.77. The minimum Gasteiger partial charge on any atom is -0.350 e. The van der Waals surface area contributed by atoms with Crippen LogP contribution in [0.2, 0.25) is 0 Å². The van der Waals surface area contributed by atoms with Gasteiger partial charge in [-0.1, -0.05) is 0 Å². The van der Waals surface area contributed by atoms with Gasteiger partial charge in [0.1, 0.15) is 6.10 Å². The molecule has 1 saturated heterocycles. The first-order valence-electron chi connectivity index (χ1n) is 5.00. The van der Waals surface area contributed by atoms with Gasteiger partial charge < -0.3 is 9.47 Å². The number of hydrogen-bond donors (Lipinski definition) is 0. The third-order valence-corrected chi connectivity index (χ3v) is 2.22. The lowest BCUT2D eigenvalue weighted by Gasteiger charge is -2.28. The molecular formula is C9H17NO4. The van der Waals surface area contributed by atoms with Gasteiger partial charge in [-0.2, -0.15) is 0 Å². The number of hydrogen-bond acceptors (Lipinski definition) is 4. The fourth-order valence-electron chi connectivity index (χ4n) is 1.58. The molecule has 0 aromatic heterocycles. The molecule has 1 heterocycles. The van der Waals surface area contributed by atoms with E-state index < -0.39 is 0 Å². The number of nitro groups is 1. The Kier molecular flexibility index (Phi) is 4.28. The number of nitrogens with zero attached hydrogens (tertiary/aromatic N) is 1. The molecule has 0 aromatic carbocycles. The summed E-state index contributed by atoms with van der Waals surface area (Å²) >= 11 is 0. The van der Waals surface area contributed by atoms with E-state index >= 15 is 0 Å². The van der Waals surface area contributed by atoms with Gasteiger partial charge in [0.25, 0.3) is 0 Å². The highest BCUT2D eigenvalue weighted by atomic mass is 16.7. The van der Waals surface area contributed by atoms with Crippen LogP contribution in [0.1, 0.15) is 33.1 Å². The summed E-state index contributed by atoms with van der Waals surface area (Å²) in [6, 6.07) is 0. The molecule has 0 amide bonds. The van der Waals surface area contributed by atoms with E-state index in [2.05, 4.69) is 0 Å². The van der Waals surface area contributed by atoms with Gasteiger partial charge in [-0.25, -0.2) is 0 Å². The molecule has 0 radical (unpaired) electrons. The Morgan fingerprint density at radius 3 is 2.93 bits per heavy atom. The standard InChI is InChI=1S/C9H17NO4/c1-7-4-3-5-9(13-7)14-8(2)6-10(11)12/h7-9H,3-6H2,1-2H3/t7-,8+,9+/m0/s1. The van der Waals surface area contributed by atoms with Crippen LogP contribution in [-0.2, 0) is 9.47 Å². The van der Waals surface area contributed by atoms with E-state index in [-0.39, 0.29) is 30.0 Å². The van der Waals surface area contributed by atoms with E-state index in [9.17, 15) is 10.1 Å². The molecule has 82 valence electrons. The third kappa shape index (κ3) is 4.02. The molecular weight excluding hydrogens is 186 g/mol. The molecule has 3 atom stereocenters. The zero-order valence-corrected chi connectivity index (χ0v) is 8.64. The summed E-state index contributed by atoms with van der Waals surface area (Å²) in [6.45, 7) is 3.54. The Hall–Kier alpha value is -0.680. The van der Waals surface area contributed by atoms with Gasteiger partial charge >= 0.3 is 0 Å². The fraction of sp³-hybridized carbons (Fsp3) is 1.00. The van der Waals surface area contributed by atoms with E-state index in [1.807, 2.05) is 6.92 Å². The maximum atomic E-state index is 10.2. The molecule has 0 aliphatic carbocycles. The van der Waals surface area contributed by atoms with Crippen molar-refractivity contribution in [3.05, 3.63) is 10.1 Å². The predicted molar refractivity (Wildman–Crippen MR) is 50.6 cm³/mol. The molecule has 0 bridgehead atoms. The van der Waals surface area contributed by atoms with Crippen LogP contribution in [0.3, 0.4) is 0 Å². The van der Waals surface area contributed by atoms with E-state index in [0.717, 1.165) is 19.3 Å². The van der Waals surface area contributed by atoms with E-state index in [4.69, 9.17) is 9.47 Å². The van der Waals surface area contributed by atoms with Crippen molar-refractivity contribution in [2.45, 2.75) is 51.6 Å². The van der Waals surface area contributed by atoms with E-state index in [1.165, 1.54) is 0 Å². The minimum absolute atomic E-state index is 0.158. The molecule has 1 fully saturated rings. The second-order valence-electron chi connectivity index (χ2n) is 3.77. The molecule has 14 heavy (non-hydrogen) atoms. The summed E-state index contributed by atoms with van der Waals surface area (Å²) in [5, 5.41) is 10.2. The smallest absolute Gasteiger partial charge is 0.229 e. The fourth-order valence-corrected chi connectivity index (χ4v) is 1.58. The van der Waals surface area contributed by atoms with Crippen molar-refractivity contribution in [1.29, 1.82) is 0 Å². The van der Waals surface area contributed by atoms with Gasteiger partial charge in [0.15, 0.2) is 6.29 Å². The van der Waals surface area contributed by atoms with Crippen LogP contribution >= 0.6 is 0 Å². The molecule has 0 unspecified atom stereocenters. The molecule has 0 N–H and O–H groups in total. The van der Waals surface area contributed by atoms with Crippen LogP contribution in [0, 0.1) is 10.1 Å². The monoisotopic (exact) mass is 203 g/mol. The van der Waals surface area contributed by atoms with Crippen molar-refractivity contribution in [1.82, 2.24) is 0 Å². The van der Waals surface area contributed by atoms with Crippen LogP contribution in [0.25, 0.3) is 0 Å². The van der Waals surface area contributed by atoms with Crippen LogP contribution in [0.15, 0.2) is 0 Å². The molecule has 1 aliphatic rings. The van der Waals surface area contributed by atoms with Crippen LogP contribution in [0.5, 0.6) is 0 Å². The van der Waals surface area contributed by atoms with Gasteiger partial charge in [-0.05, 0) is 33.1 Å². The summed E-state index contributed by atoms with van der Waals surface area (Å²) in [5.74, 6) is 0. The highest BCUT2D eigenvalue weighted by Crippen LogP contribution is 2.20. The van der Waals surface area contributed by atoms with Crippen molar-refractivity contribution >= 4 is 0 Å². The first kappa shape index (κ1) is 11.4. The topological polar surface area (TPSA) is 61.6 Å². The maximum absolute atomic E-state index is 10.2. The van der Waals surface area contributed by atoms with Gasteiger partial charge in [0.05, 0.1) is 6.10 Å². The number of rotatable bonds is 4. The Morgan fingerprint density at radius 1 is 1.64 bits per heavy atom. The number of ether oxygens (including phenoxy) is 2. The first-order chi connectivity index (χ1) is 6.58. The van der Waals surface area contributed by atoms with Crippen molar-refractivity contribution in [2.75, 3.05) is 6.54 Å². The van der Waals surface area contributed by atoms with Gasteiger partial charge in [0.2, 0.25) is 6.54 Å². The van der Waals surface area contributed by atoms with E-state index in [0.29, 0.717) is 0 Å². The Balaban J connectivity index is 2.25. The average molecular weight is 203 g/mol. The normalized spacial score (nSPS) is 29.9. The summed E-state index contributed by atoms with van der Waals surface area (Å²) in [5.41, 5.74) is 0. The summed E-state index contributed by atoms with van der Waals surface area (Å²) in [7, 11) is 0. The van der Waals surface area contributed by atoms with Gasteiger partial charge in [-0.15, -0.1) is 0 Å². The molecule has 1 rings (SSSR count). The summed E-state index contributed by atoms with van der Waals surface area (Å²) in [4.78, 5) is 9.84. The lowest BCUT2D eigenvalue weighted by atomic mass is 10.1. The van der Waals surface area contributed by atoms with Crippen molar-refractivity contribution in [3.63, 3.8) is 0 Å². The highest BCUT2D eigenvalue weighted by molar-refractivity contribution is 4.62. The Labute approximate surface area is 83.5 Å². The third-order valence-electron chi connectivity index (χ3n) is 2.22. The molecule has 1 aliphatic heterocycles. The van der Waals surface area contributed by atoms with E-state index in [1.54, 1.807) is 6.92 Å². The predicted octanol–water partition coefficient (Wildman–Crippen LogP) is 1.58. The van der Waals surface area contributed by atoms with Gasteiger partial charge in [0, 0.05) is 4.92 Å². The first-order valence-corrected chi connectivity index (χ1v) is 5.00. The maximum Gasteiger partial charge on any atom is 0.229 e. The molecule has 0 saturated carbocycles. The zero-order chi connectivity index (χ0) is 10.6. The lowest BCUT2D eigenvalue weighted by Crippen LogP contribution is -2.33. The SMILES string of the molecule is C[C@H](C[N+](=O)[O-])O[C@@H]1CCC[C@H](C)O1. The van der Waals surface area contributed by atoms with Crippen LogP contribution in [-0.4, -0.2) is 30.0 Å². The quantitative estimate of drug-likeness (QED) is 0.514. The Morgan fingerprint density at radius 2 is 2.36 bits per heavy atom. The average Bonchev–Trinajstić information content (AvgIpc) is 2.01. The Bertz CT molecular complexity index is 197. The summed E-state index contributed by atoms with van der Waals surface area (Å²) < 4.78 is 10.9. The highest BCUT2D eigenvalue weighted by Gasteiger charge is 2.23. The molecule has 0 aromatic rings. The van der Waals surface area contributed by atoms with Crippen molar-refractivity contribution in [2.24, 2.45) is 0 Å². The molecule has 5 heteroatoms. The minimum atomic E-state index is -0.375. The zero-order valence-electron chi connectivity index (χ0n) is 8.64. The molecule has 5 nitrogen and oxygen atoms in total. The van der Waals surface area contributed by atoms with Crippen molar-refractivity contribution in [3.8, 4) is 0 Å². The second kappa shape index (κ2) is 5.26. The van der Waals surface area contributed by atoms with Crippen LogP contribution in [0.4, 0.5) is 0 Å². The van der Waals surface area contributed by atoms with Crippen LogP contribution < -0.4 is 0 Å². The molecule has 0 spiro atoms. The summed E-state index contributed by atoms with van der Waals surface area (Å²) in [6.07, 6.45) is 2.53. The van der Waals surface area contributed by atoms with Gasteiger partial charge in [-0.3, -0.25) is 10.1 Å². The largest absolute Gasteiger partial charge is 0.350 e. The lowest BCUT2D eigenvalue weighted by molar-refractivity contribution is -0.493. The van der Waals surface area contributed by atoms with Crippen molar-refractivity contribution < 1.29 is 14.4 Å².